The average Bonchev–Trinajstić information content (AvgIpc) is 3.24. The van der Waals surface area contributed by atoms with Gasteiger partial charge in [-0.25, -0.2) is 4.79 Å². The minimum atomic E-state index is -0.699. The highest BCUT2D eigenvalue weighted by Gasteiger charge is 2.19. The molecular formula is C17H17N3O4. The van der Waals surface area contributed by atoms with Crippen molar-refractivity contribution in [3.63, 3.8) is 0 Å². The van der Waals surface area contributed by atoms with Gasteiger partial charge in [0.15, 0.2) is 11.5 Å². The molecule has 0 saturated carbocycles. The van der Waals surface area contributed by atoms with Crippen LogP contribution in [-0.4, -0.2) is 20.1 Å². The number of rotatable bonds is 6. The van der Waals surface area contributed by atoms with E-state index in [0.29, 0.717) is 17.9 Å². The first-order chi connectivity index (χ1) is 11.5. The number of hydrogen-bond donors (Lipinski definition) is 0. The summed E-state index contributed by atoms with van der Waals surface area (Å²) >= 11 is 0. The van der Waals surface area contributed by atoms with Crippen molar-refractivity contribution in [1.82, 2.24) is 14.3 Å². The van der Waals surface area contributed by atoms with Gasteiger partial charge in [-0.2, -0.15) is 4.68 Å². The van der Waals surface area contributed by atoms with Crippen LogP contribution in [0.4, 0.5) is 0 Å². The molecule has 3 rings (SSSR count). The van der Waals surface area contributed by atoms with E-state index in [0.717, 1.165) is 16.1 Å². The van der Waals surface area contributed by atoms with Crippen LogP contribution in [0.15, 0.2) is 50.7 Å². The van der Waals surface area contributed by atoms with Gasteiger partial charge >= 0.3 is 5.76 Å². The number of Topliss-reactive ketones (excluding diaryl/α,β-unsaturated/α-hetero) is 1. The monoisotopic (exact) mass is 327 g/mol. The number of ketones is 1. The van der Waals surface area contributed by atoms with E-state index in [9.17, 15) is 9.59 Å². The van der Waals surface area contributed by atoms with Crippen LogP contribution in [-0.2, 0) is 13.1 Å². The van der Waals surface area contributed by atoms with E-state index in [1.807, 2.05) is 18.4 Å². The fourth-order valence-electron chi connectivity index (χ4n) is 2.62. The molecule has 7 nitrogen and oxygen atoms in total. The van der Waals surface area contributed by atoms with Crippen LogP contribution < -0.4 is 5.76 Å². The fraction of sp³-hybridized carbons (Fsp3) is 0.235. The quantitative estimate of drug-likeness (QED) is 0.513. The molecule has 7 heteroatoms. The Morgan fingerprint density at radius 1 is 1.42 bits per heavy atom. The highest BCUT2D eigenvalue weighted by atomic mass is 16.4. The second-order valence-electron chi connectivity index (χ2n) is 5.42. The van der Waals surface area contributed by atoms with E-state index in [1.54, 1.807) is 24.3 Å². The molecule has 0 fully saturated rings. The van der Waals surface area contributed by atoms with Gasteiger partial charge in [-0.1, -0.05) is 6.08 Å². The maximum Gasteiger partial charge on any atom is 0.437 e. The van der Waals surface area contributed by atoms with Gasteiger partial charge in [-0.05, 0) is 32.0 Å². The zero-order valence-corrected chi connectivity index (χ0v) is 13.5. The SMILES string of the molecule is C=CCn1c(C)cc(C(=O)Cn2nc(-c3ccco3)oc2=O)c1C. The molecule has 0 aliphatic heterocycles. The van der Waals surface area contributed by atoms with Crippen molar-refractivity contribution in [1.29, 1.82) is 0 Å². The summed E-state index contributed by atoms with van der Waals surface area (Å²) in [5.74, 6) is -0.521. The van der Waals surface area contributed by atoms with Crippen LogP contribution in [0.25, 0.3) is 11.7 Å². The number of hydrogen-bond acceptors (Lipinski definition) is 5. The maximum absolute atomic E-state index is 12.5. The normalized spacial score (nSPS) is 10.9. The van der Waals surface area contributed by atoms with Gasteiger partial charge in [0.25, 0.3) is 5.89 Å². The average molecular weight is 327 g/mol. The second kappa shape index (κ2) is 6.19. The van der Waals surface area contributed by atoms with Crippen molar-refractivity contribution in [2.45, 2.75) is 26.9 Å². The van der Waals surface area contributed by atoms with Crippen molar-refractivity contribution < 1.29 is 13.6 Å². The number of nitrogens with zero attached hydrogens (tertiary/aromatic N) is 3. The standard InChI is InChI=1S/C17H17N3O4/c1-4-7-19-11(2)9-13(12(19)3)14(21)10-20-17(22)24-16(18-20)15-6-5-8-23-15/h4-6,8-9H,1,7,10H2,2-3H3. The Labute approximate surface area is 137 Å². The van der Waals surface area contributed by atoms with E-state index < -0.39 is 5.76 Å². The molecule has 3 heterocycles. The summed E-state index contributed by atoms with van der Waals surface area (Å²) in [4.78, 5) is 24.4. The van der Waals surface area contributed by atoms with Gasteiger partial charge in [-0.3, -0.25) is 4.79 Å². The van der Waals surface area contributed by atoms with Crippen molar-refractivity contribution in [2.75, 3.05) is 0 Å². The number of carbonyl (C=O) groups is 1. The third-order valence-electron chi connectivity index (χ3n) is 3.82. The Bertz CT molecular complexity index is 941. The van der Waals surface area contributed by atoms with Crippen LogP contribution in [0, 0.1) is 13.8 Å². The molecule has 0 N–H and O–H groups in total. The van der Waals surface area contributed by atoms with Crippen LogP contribution in [0.3, 0.4) is 0 Å². The van der Waals surface area contributed by atoms with Gasteiger partial charge < -0.3 is 13.4 Å². The van der Waals surface area contributed by atoms with Crippen LogP contribution in [0.5, 0.6) is 0 Å². The first-order valence-corrected chi connectivity index (χ1v) is 7.44. The summed E-state index contributed by atoms with van der Waals surface area (Å²) in [7, 11) is 0. The molecule has 0 radical (unpaired) electrons. The van der Waals surface area contributed by atoms with E-state index >= 15 is 0 Å². The smallest absolute Gasteiger partial charge is 0.437 e. The molecule has 124 valence electrons. The summed E-state index contributed by atoms with van der Waals surface area (Å²) < 4.78 is 13.1. The maximum atomic E-state index is 12.5. The molecule has 0 aliphatic rings. The van der Waals surface area contributed by atoms with Gasteiger partial charge in [0.1, 0.15) is 6.54 Å². The summed E-state index contributed by atoms with van der Waals surface area (Å²) in [6, 6.07) is 5.09. The molecule has 0 amide bonds. The summed E-state index contributed by atoms with van der Waals surface area (Å²) in [5.41, 5.74) is 2.35. The van der Waals surface area contributed by atoms with E-state index in [2.05, 4.69) is 11.7 Å². The highest BCUT2D eigenvalue weighted by Crippen LogP contribution is 2.18. The number of aromatic nitrogens is 3. The summed E-state index contributed by atoms with van der Waals surface area (Å²) in [6.45, 7) is 7.93. The van der Waals surface area contributed by atoms with Crippen molar-refractivity contribution in [2.24, 2.45) is 0 Å². The molecule has 0 atom stereocenters. The lowest BCUT2D eigenvalue weighted by Crippen LogP contribution is -2.22. The van der Waals surface area contributed by atoms with Gasteiger partial charge in [0, 0.05) is 23.5 Å². The van der Waals surface area contributed by atoms with E-state index in [4.69, 9.17) is 8.83 Å². The largest absolute Gasteiger partial charge is 0.459 e. The predicted molar refractivity (Wildman–Crippen MR) is 86.9 cm³/mol. The molecule has 0 unspecified atom stereocenters. The minimum Gasteiger partial charge on any atom is -0.459 e. The molecular weight excluding hydrogens is 310 g/mol. The first-order valence-electron chi connectivity index (χ1n) is 7.44. The first kappa shape index (κ1) is 15.8. The summed E-state index contributed by atoms with van der Waals surface area (Å²) in [5, 5.41) is 4.01. The molecule has 24 heavy (non-hydrogen) atoms. The van der Waals surface area contributed by atoms with E-state index in [1.165, 1.54) is 6.26 Å². The third kappa shape index (κ3) is 2.76. The van der Waals surface area contributed by atoms with Crippen molar-refractivity contribution in [3.8, 4) is 11.7 Å². The minimum absolute atomic E-state index is 0.0509. The Morgan fingerprint density at radius 3 is 2.88 bits per heavy atom. The molecule has 0 aliphatic carbocycles. The lowest BCUT2D eigenvalue weighted by Gasteiger charge is -2.06. The molecule has 0 spiro atoms. The van der Waals surface area contributed by atoms with Crippen molar-refractivity contribution in [3.05, 3.63) is 64.6 Å². The molecule has 0 bridgehead atoms. The van der Waals surface area contributed by atoms with Crippen LogP contribution in [0.2, 0.25) is 0 Å². The molecule has 3 aromatic rings. The number of allylic oxidation sites excluding steroid dienone is 1. The Kier molecular flexibility index (Phi) is 4.07. The van der Waals surface area contributed by atoms with Gasteiger partial charge in [-0.15, -0.1) is 11.7 Å². The zero-order chi connectivity index (χ0) is 17.3. The Balaban J connectivity index is 1.87. The second-order valence-corrected chi connectivity index (χ2v) is 5.42. The lowest BCUT2D eigenvalue weighted by atomic mass is 10.1. The lowest BCUT2D eigenvalue weighted by molar-refractivity contribution is 0.0964. The van der Waals surface area contributed by atoms with E-state index in [-0.39, 0.29) is 18.2 Å². The van der Waals surface area contributed by atoms with Crippen LogP contribution in [0.1, 0.15) is 21.7 Å². The third-order valence-corrected chi connectivity index (χ3v) is 3.82. The van der Waals surface area contributed by atoms with Crippen molar-refractivity contribution >= 4 is 5.78 Å². The number of aryl methyl sites for hydroxylation is 1. The predicted octanol–water partition coefficient (Wildman–Crippen LogP) is 2.58. The zero-order valence-electron chi connectivity index (χ0n) is 13.5. The van der Waals surface area contributed by atoms with Gasteiger partial charge in [0.05, 0.1) is 6.26 Å². The Morgan fingerprint density at radius 2 is 2.21 bits per heavy atom. The fourth-order valence-corrected chi connectivity index (χ4v) is 2.62. The molecule has 0 aromatic carbocycles. The molecule has 0 saturated heterocycles. The van der Waals surface area contributed by atoms with Gasteiger partial charge in [0.2, 0.25) is 0 Å². The molecule has 3 aromatic heterocycles. The number of furan rings is 1. The Hall–Kier alpha value is -3.09. The highest BCUT2D eigenvalue weighted by molar-refractivity contribution is 5.97. The number of carbonyl (C=O) groups excluding carboxylic acids is 1. The topological polar surface area (TPSA) is 83.2 Å². The van der Waals surface area contributed by atoms with Crippen LogP contribution >= 0.6 is 0 Å². The summed E-state index contributed by atoms with van der Waals surface area (Å²) in [6.07, 6.45) is 3.22.